The molecule has 3 aromatic rings. The maximum absolute atomic E-state index is 13.3. The molecule has 0 radical (unpaired) electrons. The van der Waals surface area contributed by atoms with E-state index in [9.17, 15) is 14.4 Å². The SMILES string of the molecule is CCN(C(=O)C(=O)c1cn(CC(=O)N2CCCCCC2)c2ccccc12)c1ccccc1. The summed E-state index contributed by atoms with van der Waals surface area (Å²) in [7, 11) is 0. The molecule has 1 aromatic heterocycles. The first kappa shape index (κ1) is 21.8. The van der Waals surface area contributed by atoms with Crippen molar-refractivity contribution in [2.75, 3.05) is 24.5 Å². The number of hydrogen-bond acceptors (Lipinski definition) is 3. The summed E-state index contributed by atoms with van der Waals surface area (Å²) in [6.45, 7) is 3.97. The molecule has 2 aromatic carbocycles. The predicted molar refractivity (Wildman–Crippen MR) is 126 cm³/mol. The Morgan fingerprint density at radius 2 is 1.53 bits per heavy atom. The third-order valence-corrected chi connectivity index (χ3v) is 6.12. The number of Topliss-reactive ketones (excluding diaryl/α,β-unsaturated/α-hetero) is 1. The highest BCUT2D eigenvalue weighted by atomic mass is 16.2. The van der Waals surface area contributed by atoms with E-state index in [2.05, 4.69) is 0 Å². The van der Waals surface area contributed by atoms with Gasteiger partial charge < -0.3 is 14.4 Å². The van der Waals surface area contributed by atoms with Crippen LogP contribution in [0, 0.1) is 0 Å². The van der Waals surface area contributed by atoms with Crippen molar-refractivity contribution in [2.45, 2.75) is 39.2 Å². The Morgan fingerprint density at radius 3 is 2.22 bits per heavy atom. The van der Waals surface area contributed by atoms with Crippen molar-refractivity contribution >= 4 is 34.2 Å². The number of nitrogens with zero attached hydrogens (tertiary/aromatic N) is 3. The van der Waals surface area contributed by atoms with E-state index in [-0.39, 0.29) is 12.5 Å². The second-order valence-electron chi connectivity index (χ2n) is 8.20. The van der Waals surface area contributed by atoms with Gasteiger partial charge in [0.15, 0.2) is 0 Å². The monoisotopic (exact) mass is 431 g/mol. The summed E-state index contributed by atoms with van der Waals surface area (Å²) in [6.07, 6.45) is 6.05. The third-order valence-electron chi connectivity index (χ3n) is 6.12. The number of hydrogen-bond donors (Lipinski definition) is 0. The van der Waals surface area contributed by atoms with E-state index in [1.807, 2.05) is 71.0 Å². The number of benzene rings is 2. The first-order chi connectivity index (χ1) is 15.6. The average Bonchev–Trinajstić information content (AvgIpc) is 2.99. The fraction of sp³-hybridized carbons (Fsp3) is 0.346. The predicted octanol–water partition coefficient (Wildman–Crippen LogP) is 4.28. The van der Waals surface area contributed by atoms with E-state index >= 15 is 0 Å². The lowest BCUT2D eigenvalue weighted by Gasteiger charge is -2.20. The number of para-hydroxylation sites is 2. The molecule has 6 heteroatoms. The fourth-order valence-electron chi connectivity index (χ4n) is 4.41. The van der Waals surface area contributed by atoms with Crippen LogP contribution in [-0.4, -0.2) is 46.7 Å². The standard InChI is InChI=1S/C26H29N3O3/c1-2-29(20-12-6-5-7-13-20)26(32)25(31)22-18-28(23-15-9-8-14-21(22)23)19-24(30)27-16-10-3-4-11-17-27/h5-9,12-15,18H,2-4,10-11,16-17,19H2,1H3. The number of aromatic nitrogens is 1. The number of rotatable bonds is 6. The number of carbonyl (C=O) groups excluding carboxylic acids is 3. The first-order valence-electron chi connectivity index (χ1n) is 11.4. The molecule has 32 heavy (non-hydrogen) atoms. The number of fused-ring (bicyclic) bond motifs is 1. The second-order valence-corrected chi connectivity index (χ2v) is 8.20. The molecule has 0 N–H and O–H groups in total. The van der Waals surface area contributed by atoms with Gasteiger partial charge in [0.2, 0.25) is 5.91 Å². The molecular weight excluding hydrogens is 402 g/mol. The molecular formula is C26H29N3O3. The van der Waals surface area contributed by atoms with E-state index in [0.717, 1.165) is 44.3 Å². The zero-order valence-corrected chi connectivity index (χ0v) is 18.5. The summed E-state index contributed by atoms with van der Waals surface area (Å²) in [5.74, 6) is -1.08. The molecule has 0 saturated carbocycles. The van der Waals surface area contributed by atoms with Crippen molar-refractivity contribution in [3.8, 4) is 0 Å². The summed E-state index contributed by atoms with van der Waals surface area (Å²) in [6, 6.07) is 16.6. The van der Waals surface area contributed by atoms with Crippen LogP contribution in [0.2, 0.25) is 0 Å². The van der Waals surface area contributed by atoms with E-state index in [1.165, 1.54) is 4.90 Å². The Bertz CT molecular complexity index is 1110. The van der Waals surface area contributed by atoms with Crippen LogP contribution < -0.4 is 4.90 Å². The quantitative estimate of drug-likeness (QED) is 0.432. The van der Waals surface area contributed by atoms with Crippen LogP contribution in [0.4, 0.5) is 5.69 Å². The van der Waals surface area contributed by atoms with Crippen LogP contribution in [0.5, 0.6) is 0 Å². The van der Waals surface area contributed by atoms with Gasteiger partial charge in [0, 0.05) is 42.4 Å². The van der Waals surface area contributed by atoms with E-state index in [0.29, 0.717) is 23.2 Å². The lowest BCUT2D eigenvalue weighted by Crippen LogP contribution is -2.36. The Kier molecular flexibility index (Phi) is 6.69. The van der Waals surface area contributed by atoms with Crippen molar-refractivity contribution in [1.82, 2.24) is 9.47 Å². The van der Waals surface area contributed by atoms with Crippen LogP contribution in [-0.2, 0) is 16.1 Å². The zero-order chi connectivity index (χ0) is 22.5. The van der Waals surface area contributed by atoms with Crippen molar-refractivity contribution < 1.29 is 14.4 Å². The molecule has 4 rings (SSSR count). The van der Waals surface area contributed by atoms with Gasteiger partial charge in [0.05, 0.1) is 5.56 Å². The Balaban J connectivity index is 1.62. The first-order valence-corrected chi connectivity index (χ1v) is 11.4. The van der Waals surface area contributed by atoms with Crippen molar-refractivity contribution in [3.05, 3.63) is 66.4 Å². The highest BCUT2D eigenvalue weighted by Crippen LogP contribution is 2.24. The molecule has 1 aliphatic heterocycles. The van der Waals surface area contributed by atoms with Gasteiger partial charge in [-0.15, -0.1) is 0 Å². The summed E-state index contributed by atoms with van der Waals surface area (Å²) in [4.78, 5) is 42.8. The van der Waals surface area contributed by atoms with Crippen molar-refractivity contribution in [1.29, 1.82) is 0 Å². The van der Waals surface area contributed by atoms with Gasteiger partial charge in [0.1, 0.15) is 6.54 Å². The summed E-state index contributed by atoms with van der Waals surface area (Å²) in [5, 5.41) is 0.693. The summed E-state index contributed by atoms with van der Waals surface area (Å²) >= 11 is 0. The van der Waals surface area contributed by atoms with Crippen LogP contribution in [0.1, 0.15) is 43.0 Å². The minimum Gasteiger partial charge on any atom is -0.341 e. The number of ketones is 1. The van der Waals surface area contributed by atoms with Crippen molar-refractivity contribution in [2.24, 2.45) is 0 Å². The van der Waals surface area contributed by atoms with Gasteiger partial charge in [-0.3, -0.25) is 14.4 Å². The van der Waals surface area contributed by atoms with Gasteiger partial charge in [-0.25, -0.2) is 0 Å². The lowest BCUT2D eigenvalue weighted by molar-refractivity contribution is -0.131. The third kappa shape index (κ3) is 4.44. The normalized spacial score (nSPS) is 14.2. The maximum atomic E-state index is 13.3. The van der Waals surface area contributed by atoms with Crippen LogP contribution >= 0.6 is 0 Å². The molecule has 0 spiro atoms. The molecule has 6 nitrogen and oxygen atoms in total. The van der Waals surface area contributed by atoms with Gasteiger partial charge in [0.25, 0.3) is 11.7 Å². The van der Waals surface area contributed by atoms with Crippen LogP contribution in [0.3, 0.4) is 0 Å². The van der Waals surface area contributed by atoms with E-state index in [4.69, 9.17) is 0 Å². The number of likely N-dealkylation sites (tertiary alicyclic amines) is 1. The fourth-order valence-corrected chi connectivity index (χ4v) is 4.41. The van der Waals surface area contributed by atoms with Gasteiger partial charge in [-0.2, -0.15) is 0 Å². The Morgan fingerprint density at radius 1 is 0.875 bits per heavy atom. The number of amides is 2. The average molecular weight is 432 g/mol. The largest absolute Gasteiger partial charge is 0.341 e. The Labute approximate surface area is 188 Å². The van der Waals surface area contributed by atoms with Crippen LogP contribution in [0.15, 0.2) is 60.8 Å². The summed E-state index contributed by atoms with van der Waals surface area (Å²) < 4.78 is 1.81. The van der Waals surface area contributed by atoms with Gasteiger partial charge >= 0.3 is 0 Å². The molecule has 1 aliphatic rings. The summed E-state index contributed by atoms with van der Waals surface area (Å²) in [5.41, 5.74) is 1.81. The minimum absolute atomic E-state index is 0.0532. The topological polar surface area (TPSA) is 62.6 Å². The van der Waals surface area contributed by atoms with Crippen molar-refractivity contribution in [3.63, 3.8) is 0 Å². The molecule has 1 fully saturated rings. The lowest BCUT2D eigenvalue weighted by atomic mass is 10.1. The second kappa shape index (κ2) is 9.81. The zero-order valence-electron chi connectivity index (χ0n) is 18.5. The molecule has 166 valence electrons. The molecule has 0 atom stereocenters. The molecule has 2 amide bonds. The highest BCUT2D eigenvalue weighted by molar-refractivity contribution is 6.48. The van der Waals surface area contributed by atoms with E-state index < -0.39 is 11.7 Å². The van der Waals surface area contributed by atoms with Gasteiger partial charge in [-0.1, -0.05) is 49.2 Å². The Hall–Kier alpha value is -3.41. The van der Waals surface area contributed by atoms with Gasteiger partial charge in [-0.05, 0) is 38.0 Å². The molecule has 2 heterocycles. The number of carbonyl (C=O) groups is 3. The number of likely N-dealkylation sites (N-methyl/N-ethyl adjacent to an activating group) is 1. The molecule has 0 aliphatic carbocycles. The smallest absolute Gasteiger partial charge is 0.299 e. The van der Waals surface area contributed by atoms with Crippen LogP contribution in [0.25, 0.3) is 10.9 Å². The minimum atomic E-state index is -0.569. The maximum Gasteiger partial charge on any atom is 0.299 e. The molecule has 1 saturated heterocycles. The highest BCUT2D eigenvalue weighted by Gasteiger charge is 2.27. The van der Waals surface area contributed by atoms with E-state index in [1.54, 1.807) is 6.20 Å². The number of anilines is 1. The molecule has 0 unspecified atom stereocenters. The molecule has 0 bridgehead atoms.